The molecule has 118 heavy (non-hydrogen) atoms. The van der Waals surface area contributed by atoms with Crippen LogP contribution in [-0.2, 0) is 47.3 Å². The van der Waals surface area contributed by atoms with Gasteiger partial charge in [0.2, 0.25) is 22.8 Å². The summed E-state index contributed by atoms with van der Waals surface area (Å²) >= 11 is 0. The molecule has 0 spiro atoms. The molecule has 0 atom stereocenters. The van der Waals surface area contributed by atoms with Crippen LogP contribution in [0.4, 0.5) is 0 Å². The van der Waals surface area contributed by atoms with E-state index < -0.39 is 99.5 Å². The highest BCUT2D eigenvalue weighted by Gasteiger charge is 2.30. The van der Waals surface area contributed by atoms with E-state index in [-0.39, 0.29) is 62.9 Å². The number of hydrogen-bond acceptors (Lipinski definition) is 8. The summed E-state index contributed by atoms with van der Waals surface area (Å²) in [6.07, 6.45) is -6.28. The smallest absolute Gasteiger partial charge is 0.213 e. The fraction of sp³-hybridized carbons (Fsp3) is 0.321. The summed E-state index contributed by atoms with van der Waals surface area (Å²) in [6.45, 7) is 11.4. The number of fused-ring (bicyclic) bond motifs is 12. The third-order valence-corrected chi connectivity index (χ3v) is 21.3. The van der Waals surface area contributed by atoms with Gasteiger partial charge in [-0.15, -0.1) is 0 Å². The van der Waals surface area contributed by atoms with Crippen LogP contribution in [0.5, 0.6) is 0 Å². The predicted molar refractivity (Wildman–Crippen MR) is 481 cm³/mol. The minimum atomic E-state index is -3.49. The third-order valence-electron chi connectivity index (χ3n) is 21.3. The summed E-state index contributed by atoms with van der Waals surface area (Å²) in [4.78, 5) is 0. The summed E-state index contributed by atoms with van der Waals surface area (Å²) < 4.78 is 276. The summed E-state index contributed by atoms with van der Waals surface area (Å²) in [5, 5.41) is 43.7. The topological polar surface area (TPSA) is 163 Å². The maximum Gasteiger partial charge on any atom is 0.213 e. The number of hydrogen-bond donors (Lipinski definition) is 0. The van der Waals surface area contributed by atoms with Gasteiger partial charge in [0.15, 0.2) is 28.4 Å². The Kier molecular flexibility index (Phi) is 14.5. The zero-order valence-electron chi connectivity index (χ0n) is 99.3. The van der Waals surface area contributed by atoms with Crippen molar-refractivity contribution in [3.05, 3.63) is 257 Å². The summed E-state index contributed by atoms with van der Waals surface area (Å²) in [7, 11) is 6.61. The van der Waals surface area contributed by atoms with Gasteiger partial charge in [0.25, 0.3) is 0 Å². The molecule has 16 aromatic rings. The van der Waals surface area contributed by atoms with Gasteiger partial charge in [-0.1, -0.05) is 88.2 Å². The van der Waals surface area contributed by atoms with Gasteiger partial charge in [0, 0.05) is 151 Å². The van der Waals surface area contributed by atoms with E-state index in [1.54, 1.807) is 204 Å². The molecule has 0 aliphatic heterocycles. The fourth-order valence-electron chi connectivity index (χ4n) is 14.8. The highest BCUT2D eigenvalue weighted by Crippen LogP contribution is 2.42. The lowest BCUT2D eigenvalue weighted by Gasteiger charge is -2.20. The van der Waals surface area contributed by atoms with Crippen LogP contribution >= 0.6 is 0 Å². The summed E-state index contributed by atoms with van der Waals surface area (Å²) in [5.41, 5.74) is 8.87. The number of para-hydroxylation sites is 1. The Morgan fingerprint density at radius 2 is 0.686 bits per heavy atom. The van der Waals surface area contributed by atoms with E-state index in [4.69, 9.17) is 57.4 Å². The van der Waals surface area contributed by atoms with Crippen LogP contribution in [0.2, 0.25) is 0 Å². The first kappa shape index (κ1) is 53.7. The minimum absolute atomic E-state index is 0.00360. The van der Waals surface area contributed by atoms with Gasteiger partial charge in [-0.3, -0.25) is 0 Å². The molecule has 0 radical (unpaired) electrons. The molecular formula is C106H112N8O4+4. The molecule has 0 saturated carbocycles. The first-order chi connectivity index (χ1) is 67.3. The number of rotatable bonds is 8. The molecule has 8 aromatic heterocycles. The maximum absolute atomic E-state index is 9.50. The van der Waals surface area contributed by atoms with Crippen molar-refractivity contribution in [3.8, 4) is 69.3 Å². The predicted octanol–water partition coefficient (Wildman–Crippen LogP) is 25.4. The molecule has 0 aliphatic carbocycles. The Morgan fingerprint density at radius 1 is 0.364 bits per heavy atom. The fourth-order valence-corrected chi connectivity index (χ4v) is 14.8. The van der Waals surface area contributed by atoms with Crippen LogP contribution in [-0.4, -0.2) is 0 Å². The van der Waals surface area contributed by atoms with Crippen LogP contribution in [0.15, 0.2) is 163 Å². The normalized spacial score (nSPS) is 16.5. The van der Waals surface area contributed by atoms with Crippen molar-refractivity contribution in [1.82, 2.24) is 0 Å². The number of pyridine rings is 4. The van der Waals surface area contributed by atoms with Crippen molar-refractivity contribution in [2.75, 3.05) is 0 Å². The number of furan rings is 4. The molecule has 596 valence electrons. The Balaban J connectivity index is 0.000000164. The van der Waals surface area contributed by atoms with Crippen molar-refractivity contribution in [2.24, 2.45) is 44.4 Å². The summed E-state index contributed by atoms with van der Waals surface area (Å²) in [5.74, 6) is -3.40. The van der Waals surface area contributed by atoms with Crippen LogP contribution < -0.4 is 18.3 Å². The Morgan fingerprint density at radius 3 is 1.05 bits per heavy atom. The monoisotopic (exact) mass is 1590 g/mol. The highest BCUT2D eigenvalue weighted by molar-refractivity contribution is 6.10. The molecule has 8 heterocycles. The molecule has 12 nitrogen and oxygen atoms in total. The van der Waals surface area contributed by atoms with Crippen LogP contribution in [0, 0.1) is 144 Å². The van der Waals surface area contributed by atoms with Gasteiger partial charge >= 0.3 is 0 Å². The molecule has 0 N–H and O–H groups in total. The van der Waals surface area contributed by atoms with Gasteiger partial charge in [-0.25, -0.2) is 0 Å². The Hall–Kier alpha value is -12.5. The quantitative estimate of drug-likeness (QED) is 0.136. The molecular weight excluding hydrogens is 1450 g/mol. The van der Waals surface area contributed by atoms with Crippen LogP contribution in [0.25, 0.3) is 133 Å². The second-order valence-electron chi connectivity index (χ2n) is 33.3. The second-order valence-corrected chi connectivity index (χ2v) is 33.3. The van der Waals surface area contributed by atoms with Gasteiger partial charge in [-0.2, -0.15) is 39.3 Å². The maximum atomic E-state index is 9.50. The first-order valence-corrected chi connectivity index (χ1v) is 38.4. The molecule has 0 bridgehead atoms. The molecule has 0 aliphatic rings. The average molecular weight is 1590 g/mol. The number of aryl methyl sites for hydroxylation is 4. The molecule has 16 rings (SSSR count). The first-order valence-electron chi connectivity index (χ1n) is 52.9. The summed E-state index contributed by atoms with van der Waals surface area (Å²) in [6, 6.07) is 42.8. The Labute approximate surface area is 736 Å². The van der Waals surface area contributed by atoms with E-state index >= 15 is 0 Å². The SMILES string of the molecule is [2H]c1c(C([2H])(C([2H])([2H])[2H])C([2H])([2H])[2H])c(C([2H])([2H])[2H])c(C)[n+](C)c1-c1cc2oc3ccc(C#N)cc3c2cc1C.[2H]c1c(C([2H])([2H])C(C)(C)C)c(C([2H])([2H])[2H])c(C)[n+](C)c1-c1cc2oc3c(C#N)cccc3c2cc1C.[2H]c1c(C([2H])([2H])C(C)(C)C)c(C([2H])([2H])[2H])c(C)[n+](C)c1-c1cc2oc3cc(C#N)ccc3c2cc1C.[2H]c1c(C([2H])([2H])C(C)(C)C)c(C([2H])([2H])[2H])c(C)[n+](C)c1-c1cc2oc3ccc(C#N)cc3c2cc1C. The Bertz CT molecular complexity index is 8230. The number of nitriles is 4. The second kappa shape index (κ2) is 31.9. The van der Waals surface area contributed by atoms with Gasteiger partial charge in [0.05, 0.1) is 68.2 Å². The standard InChI is InChI=1S/3C27H29N2O.C25H25N2O/c1-16-10-22-23-11-19(15-28)8-9-25(23)30-26(22)13-21(16)24-12-20(14-27(4,5)6)17(2)18(3)29(24)7;1-16-10-23-21-9-8-19(15-28)11-25(21)30-26(23)13-22(16)24-12-20(14-27(4,5)6)17(2)18(3)29(24)7;1-16-11-23-21-10-8-9-19(15-28)26(21)30-25(23)13-22(16)24-12-20(14-27(4,5)6)17(2)18(3)29(24)7;1-14(2)19-11-23(27(6)17(5)16(19)4)20-12-25-21(9-15(20)3)22-10-18(13-26)7-8-24(22)28-25/h3*8-13H,14H2,1-7H3;7-12,14H,1-6H3/q4*+1/i3*2D3,12D,14D2;1D3,2D3,4D3,11D,14D. The number of nitrogens with zero attached hydrogens (tertiary/aromatic N) is 8. The number of aromatic nitrogens is 4. The van der Waals surface area contributed by atoms with Crippen LogP contribution in [0.3, 0.4) is 0 Å². The van der Waals surface area contributed by atoms with Gasteiger partial charge < -0.3 is 17.7 Å². The van der Waals surface area contributed by atoms with Crippen molar-refractivity contribution < 1.29 is 75.7 Å². The van der Waals surface area contributed by atoms with Crippen molar-refractivity contribution in [2.45, 2.75) is 184 Å². The highest BCUT2D eigenvalue weighted by atomic mass is 16.3. The zero-order chi connectivity index (χ0) is 110. The van der Waals surface area contributed by atoms with E-state index in [0.717, 1.165) is 49.0 Å². The average Bonchev–Trinajstić information content (AvgIpc) is 0.953. The molecule has 0 unspecified atom stereocenters. The van der Waals surface area contributed by atoms with E-state index in [2.05, 4.69) is 24.3 Å². The molecule has 0 saturated heterocycles. The van der Waals surface area contributed by atoms with E-state index in [1.807, 2.05) is 63.2 Å². The van der Waals surface area contributed by atoms with Crippen molar-refractivity contribution in [3.63, 3.8) is 0 Å². The van der Waals surface area contributed by atoms with E-state index in [0.29, 0.717) is 140 Å². The third kappa shape index (κ3) is 16.2. The molecule has 0 amide bonds. The lowest BCUT2D eigenvalue weighted by molar-refractivity contribution is -0.667. The molecule has 0 fully saturated rings. The van der Waals surface area contributed by atoms with E-state index in [9.17, 15) is 21.0 Å². The van der Waals surface area contributed by atoms with Crippen molar-refractivity contribution in [1.29, 1.82) is 21.0 Å². The van der Waals surface area contributed by atoms with Gasteiger partial charge in [0.1, 0.15) is 73.3 Å². The lowest BCUT2D eigenvalue weighted by atomic mass is 9.85. The number of benzene rings is 8. The van der Waals surface area contributed by atoms with Crippen LogP contribution in [0.1, 0.15) is 233 Å². The molecule has 12 heteroatoms. The van der Waals surface area contributed by atoms with Crippen molar-refractivity contribution >= 4 is 87.8 Å². The van der Waals surface area contributed by atoms with E-state index in [1.165, 1.54) is 18.5 Å². The molecule has 8 aromatic carbocycles. The lowest BCUT2D eigenvalue weighted by Crippen LogP contribution is -2.36. The zero-order valence-corrected chi connectivity index (χ0v) is 70.3. The van der Waals surface area contributed by atoms with Gasteiger partial charge in [-0.05, 0) is 250 Å². The largest absolute Gasteiger partial charge is 0.456 e. The minimum Gasteiger partial charge on any atom is -0.456 e.